The number of carbonyl (C=O) groups is 2. The summed E-state index contributed by atoms with van der Waals surface area (Å²) in [5.41, 5.74) is 8.93. The highest BCUT2D eigenvalue weighted by Crippen LogP contribution is 2.22. The highest BCUT2D eigenvalue weighted by Gasteiger charge is 2.08. The minimum Gasteiger partial charge on any atom is -0.272 e. The number of hydrogen-bond donors (Lipinski definition) is 2. The zero-order valence-electron chi connectivity index (χ0n) is 14.2. The van der Waals surface area contributed by atoms with Crippen LogP contribution >= 0.6 is 11.8 Å². The van der Waals surface area contributed by atoms with E-state index in [1.807, 2.05) is 38.1 Å². The van der Waals surface area contributed by atoms with Crippen molar-refractivity contribution in [3.63, 3.8) is 0 Å². The standard InChI is InChI=1S/C19H22N2O2S/c1-4-15-6-8-16(9-7-15)19(23)21-20-18(22)12-24-17-10-5-13(2)11-14(17)3/h5-11H,4,12H2,1-3H3,(H,20,22)(H,21,23). The van der Waals surface area contributed by atoms with Gasteiger partial charge in [0.05, 0.1) is 5.75 Å². The maximum Gasteiger partial charge on any atom is 0.269 e. The number of hydrogen-bond acceptors (Lipinski definition) is 3. The summed E-state index contributed by atoms with van der Waals surface area (Å²) in [5, 5.41) is 0. The summed E-state index contributed by atoms with van der Waals surface area (Å²) < 4.78 is 0. The van der Waals surface area contributed by atoms with Gasteiger partial charge in [-0.3, -0.25) is 20.4 Å². The molecular weight excluding hydrogens is 320 g/mol. The second-order valence-corrected chi connectivity index (χ2v) is 6.63. The average molecular weight is 342 g/mol. The molecule has 0 aliphatic heterocycles. The van der Waals surface area contributed by atoms with Crippen LogP contribution in [-0.2, 0) is 11.2 Å². The summed E-state index contributed by atoms with van der Waals surface area (Å²) >= 11 is 1.45. The molecule has 2 aromatic rings. The molecule has 0 aliphatic rings. The number of thioether (sulfide) groups is 1. The molecule has 2 aromatic carbocycles. The molecule has 126 valence electrons. The molecule has 0 aromatic heterocycles. The van der Waals surface area contributed by atoms with E-state index in [-0.39, 0.29) is 17.6 Å². The van der Waals surface area contributed by atoms with E-state index < -0.39 is 0 Å². The number of aryl methyl sites for hydroxylation is 3. The lowest BCUT2D eigenvalue weighted by molar-refractivity contribution is -0.119. The Morgan fingerprint density at radius 1 is 1.00 bits per heavy atom. The van der Waals surface area contributed by atoms with E-state index in [1.165, 1.54) is 22.9 Å². The molecule has 0 bridgehead atoms. The van der Waals surface area contributed by atoms with Gasteiger partial charge in [0.15, 0.2) is 0 Å². The van der Waals surface area contributed by atoms with Crippen LogP contribution in [-0.4, -0.2) is 17.6 Å². The lowest BCUT2D eigenvalue weighted by atomic mass is 10.1. The second kappa shape index (κ2) is 8.55. The molecule has 0 heterocycles. The lowest BCUT2D eigenvalue weighted by Gasteiger charge is -2.09. The predicted molar refractivity (Wildman–Crippen MR) is 98.1 cm³/mol. The first kappa shape index (κ1) is 18.1. The van der Waals surface area contributed by atoms with Crippen LogP contribution in [0.1, 0.15) is 34.0 Å². The Balaban J connectivity index is 1.80. The summed E-state index contributed by atoms with van der Waals surface area (Å²) in [6, 6.07) is 13.4. The van der Waals surface area contributed by atoms with Crippen molar-refractivity contribution in [2.45, 2.75) is 32.1 Å². The van der Waals surface area contributed by atoms with Gasteiger partial charge in [-0.05, 0) is 49.6 Å². The normalized spacial score (nSPS) is 10.3. The Morgan fingerprint density at radius 2 is 1.71 bits per heavy atom. The van der Waals surface area contributed by atoms with Crippen molar-refractivity contribution in [3.05, 3.63) is 64.7 Å². The highest BCUT2D eigenvalue weighted by molar-refractivity contribution is 8.00. The van der Waals surface area contributed by atoms with E-state index in [1.54, 1.807) is 12.1 Å². The molecule has 5 heteroatoms. The number of nitrogens with one attached hydrogen (secondary N) is 2. The van der Waals surface area contributed by atoms with Crippen LogP contribution < -0.4 is 10.9 Å². The summed E-state index contributed by atoms with van der Waals surface area (Å²) in [5.74, 6) is -0.306. The fraction of sp³-hybridized carbons (Fsp3) is 0.263. The van der Waals surface area contributed by atoms with E-state index >= 15 is 0 Å². The first-order valence-electron chi connectivity index (χ1n) is 7.87. The van der Waals surface area contributed by atoms with Crippen molar-refractivity contribution in [2.24, 2.45) is 0 Å². The molecule has 4 nitrogen and oxygen atoms in total. The maximum absolute atomic E-state index is 12.0. The third-order valence-corrected chi connectivity index (χ3v) is 4.80. The average Bonchev–Trinajstić information content (AvgIpc) is 2.59. The van der Waals surface area contributed by atoms with E-state index in [9.17, 15) is 9.59 Å². The van der Waals surface area contributed by atoms with Crippen LogP contribution in [0.25, 0.3) is 0 Å². The van der Waals surface area contributed by atoms with Gasteiger partial charge >= 0.3 is 0 Å². The lowest BCUT2D eigenvalue weighted by Crippen LogP contribution is -2.42. The number of hydrazine groups is 1. The molecule has 0 saturated heterocycles. The minimum atomic E-state index is -0.317. The fourth-order valence-electron chi connectivity index (χ4n) is 2.23. The molecule has 0 fully saturated rings. The third kappa shape index (κ3) is 5.13. The Labute approximate surface area is 147 Å². The molecule has 24 heavy (non-hydrogen) atoms. The maximum atomic E-state index is 12.0. The van der Waals surface area contributed by atoms with Gasteiger partial charge in [-0.2, -0.15) is 0 Å². The van der Waals surface area contributed by atoms with Crippen molar-refractivity contribution in [1.29, 1.82) is 0 Å². The molecule has 0 spiro atoms. The Bertz CT molecular complexity index is 727. The number of amides is 2. The molecular formula is C19H22N2O2S. The molecule has 0 radical (unpaired) electrons. The topological polar surface area (TPSA) is 58.2 Å². The highest BCUT2D eigenvalue weighted by atomic mass is 32.2. The van der Waals surface area contributed by atoms with Crippen molar-refractivity contribution in [3.8, 4) is 0 Å². The van der Waals surface area contributed by atoms with E-state index in [0.29, 0.717) is 5.56 Å². The van der Waals surface area contributed by atoms with E-state index in [0.717, 1.165) is 16.9 Å². The second-order valence-electron chi connectivity index (χ2n) is 5.61. The third-order valence-electron chi connectivity index (χ3n) is 3.63. The summed E-state index contributed by atoms with van der Waals surface area (Å²) in [4.78, 5) is 24.9. The van der Waals surface area contributed by atoms with Gasteiger partial charge in [-0.25, -0.2) is 0 Å². The Morgan fingerprint density at radius 3 is 2.33 bits per heavy atom. The minimum absolute atomic E-state index is 0.237. The van der Waals surface area contributed by atoms with Gasteiger partial charge in [-0.1, -0.05) is 36.8 Å². The SMILES string of the molecule is CCc1ccc(C(=O)NNC(=O)CSc2ccc(C)cc2C)cc1. The van der Waals surface area contributed by atoms with Crippen LogP contribution in [0.3, 0.4) is 0 Å². The van der Waals surface area contributed by atoms with E-state index in [2.05, 4.69) is 23.8 Å². The van der Waals surface area contributed by atoms with Crippen molar-refractivity contribution >= 4 is 23.6 Å². The molecule has 2 rings (SSSR count). The van der Waals surface area contributed by atoms with Crippen molar-refractivity contribution in [2.75, 3.05) is 5.75 Å². The first-order chi connectivity index (χ1) is 11.5. The zero-order chi connectivity index (χ0) is 17.5. The Hall–Kier alpha value is -2.27. The van der Waals surface area contributed by atoms with Crippen LogP contribution in [0.4, 0.5) is 0 Å². The van der Waals surface area contributed by atoms with Crippen LogP contribution in [0.15, 0.2) is 47.4 Å². The smallest absolute Gasteiger partial charge is 0.269 e. The van der Waals surface area contributed by atoms with E-state index in [4.69, 9.17) is 0 Å². The zero-order valence-corrected chi connectivity index (χ0v) is 15.0. The summed E-state index contributed by atoms with van der Waals surface area (Å²) in [7, 11) is 0. The molecule has 0 saturated carbocycles. The first-order valence-corrected chi connectivity index (χ1v) is 8.86. The van der Waals surface area contributed by atoms with Gasteiger partial charge in [0.2, 0.25) is 5.91 Å². The largest absolute Gasteiger partial charge is 0.272 e. The summed E-state index contributed by atoms with van der Waals surface area (Å²) in [6.07, 6.45) is 0.925. The molecule has 2 amide bonds. The molecule has 2 N–H and O–H groups in total. The Kier molecular flexibility index (Phi) is 6.44. The number of benzene rings is 2. The molecule has 0 unspecified atom stereocenters. The van der Waals surface area contributed by atoms with Gasteiger partial charge in [-0.15, -0.1) is 11.8 Å². The molecule has 0 aliphatic carbocycles. The monoisotopic (exact) mass is 342 g/mol. The van der Waals surface area contributed by atoms with Crippen molar-refractivity contribution in [1.82, 2.24) is 10.9 Å². The quantitative estimate of drug-likeness (QED) is 0.647. The predicted octanol–water partition coefficient (Wildman–Crippen LogP) is 3.42. The van der Waals surface area contributed by atoms with Gasteiger partial charge < -0.3 is 0 Å². The number of carbonyl (C=O) groups excluding carboxylic acids is 2. The van der Waals surface area contributed by atoms with Crippen molar-refractivity contribution < 1.29 is 9.59 Å². The fourth-order valence-corrected chi connectivity index (χ4v) is 3.04. The van der Waals surface area contributed by atoms with Crippen LogP contribution in [0, 0.1) is 13.8 Å². The van der Waals surface area contributed by atoms with Gasteiger partial charge in [0.1, 0.15) is 0 Å². The number of rotatable bonds is 5. The van der Waals surface area contributed by atoms with Crippen LogP contribution in [0.2, 0.25) is 0 Å². The van der Waals surface area contributed by atoms with Gasteiger partial charge in [0, 0.05) is 10.5 Å². The van der Waals surface area contributed by atoms with Gasteiger partial charge in [0.25, 0.3) is 5.91 Å². The van der Waals surface area contributed by atoms with Crippen LogP contribution in [0.5, 0.6) is 0 Å². The summed E-state index contributed by atoms with van der Waals surface area (Å²) in [6.45, 7) is 6.12. The molecule has 0 atom stereocenters.